The molecule has 2 aromatic rings. The molecule has 94 valence electrons. The van der Waals surface area contributed by atoms with Crippen LogP contribution in [0.4, 0.5) is 10.1 Å². The lowest BCUT2D eigenvalue weighted by Gasteiger charge is -2.11. The van der Waals surface area contributed by atoms with E-state index in [-0.39, 0.29) is 12.4 Å². The van der Waals surface area contributed by atoms with E-state index >= 15 is 0 Å². The van der Waals surface area contributed by atoms with E-state index in [0.717, 1.165) is 0 Å². The van der Waals surface area contributed by atoms with Crippen LogP contribution in [-0.4, -0.2) is 0 Å². The first kappa shape index (κ1) is 13.0. The van der Waals surface area contributed by atoms with Gasteiger partial charge in [-0.25, -0.2) is 4.39 Å². The summed E-state index contributed by atoms with van der Waals surface area (Å²) in [4.78, 5) is 0. The summed E-state index contributed by atoms with van der Waals surface area (Å²) in [7, 11) is 0. The lowest BCUT2D eigenvalue weighted by atomic mass is 10.2. The van der Waals surface area contributed by atoms with Crippen molar-refractivity contribution in [2.24, 2.45) is 0 Å². The van der Waals surface area contributed by atoms with Gasteiger partial charge in [-0.2, -0.15) is 0 Å². The Kier molecular flexibility index (Phi) is 3.94. The lowest BCUT2D eigenvalue weighted by Crippen LogP contribution is -2.01. The quantitative estimate of drug-likeness (QED) is 0.854. The second-order valence-corrected chi connectivity index (χ2v) is 4.50. The molecule has 0 aromatic heterocycles. The number of ether oxygens (including phenoxy) is 1. The van der Waals surface area contributed by atoms with Crippen molar-refractivity contribution in [1.82, 2.24) is 0 Å². The minimum atomic E-state index is -0.382. The van der Waals surface area contributed by atoms with Gasteiger partial charge in [0.2, 0.25) is 0 Å². The van der Waals surface area contributed by atoms with Gasteiger partial charge in [-0.05, 0) is 24.3 Å². The predicted octanol–water partition coefficient (Wildman–Crippen LogP) is 4.29. The molecule has 2 rings (SSSR count). The van der Waals surface area contributed by atoms with Crippen molar-refractivity contribution in [3.63, 3.8) is 0 Å². The van der Waals surface area contributed by atoms with E-state index in [4.69, 9.17) is 33.7 Å². The SMILES string of the molecule is Nc1cc(F)ccc1COc1c(Cl)cccc1Cl. The van der Waals surface area contributed by atoms with Gasteiger partial charge >= 0.3 is 0 Å². The fraction of sp³-hybridized carbons (Fsp3) is 0.0769. The van der Waals surface area contributed by atoms with Gasteiger partial charge in [0.15, 0.2) is 5.75 Å². The number of rotatable bonds is 3. The molecule has 0 saturated heterocycles. The molecule has 0 saturated carbocycles. The topological polar surface area (TPSA) is 35.2 Å². The third kappa shape index (κ3) is 2.86. The number of hydrogen-bond acceptors (Lipinski definition) is 2. The normalized spacial score (nSPS) is 10.4. The molecule has 2 nitrogen and oxygen atoms in total. The Hall–Kier alpha value is -1.45. The van der Waals surface area contributed by atoms with Crippen molar-refractivity contribution in [1.29, 1.82) is 0 Å². The summed E-state index contributed by atoms with van der Waals surface area (Å²) in [6.07, 6.45) is 0. The van der Waals surface area contributed by atoms with Crippen LogP contribution < -0.4 is 10.5 Å². The average molecular weight is 286 g/mol. The number of anilines is 1. The molecule has 5 heteroatoms. The van der Waals surface area contributed by atoms with Crippen LogP contribution in [0.15, 0.2) is 36.4 Å². The molecule has 2 aromatic carbocycles. The van der Waals surface area contributed by atoms with E-state index in [0.29, 0.717) is 27.0 Å². The van der Waals surface area contributed by atoms with Crippen LogP contribution in [-0.2, 0) is 6.61 Å². The Bertz CT molecular complexity index is 555. The minimum Gasteiger partial charge on any atom is -0.486 e. The fourth-order valence-corrected chi connectivity index (χ4v) is 1.97. The van der Waals surface area contributed by atoms with Crippen molar-refractivity contribution in [2.45, 2.75) is 6.61 Å². The Morgan fingerprint density at radius 2 is 1.78 bits per heavy atom. The highest BCUT2D eigenvalue weighted by Gasteiger charge is 2.08. The molecule has 18 heavy (non-hydrogen) atoms. The number of nitrogens with two attached hydrogens (primary N) is 1. The molecule has 0 bridgehead atoms. The molecule has 0 radical (unpaired) electrons. The molecule has 0 amide bonds. The highest BCUT2D eigenvalue weighted by atomic mass is 35.5. The Balaban J connectivity index is 2.16. The third-order valence-electron chi connectivity index (χ3n) is 2.40. The zero-order valence-corrected chi connectivity index (χ0v) is 10.8. The number of hydrogen-bond donors (Lipinski definition) is 1. The molecule has 0 spiro atoms. The molecule has 0 aliphatic heterocycles. The summed E-state index contributed by atoms with van der Waals surface area (Å²) in [5.74, 6) is 0.0107. The van der Waals surface area contributed by atoms with Crippen molar-refractivity contribution >= 4 is 28.9 Å². The maximum Gasteiger partial charge on any atom is 0.156 e. The molecular formula is C13H10Cl2FNO. The van der Waals surface area contributed by atoms with Crippen LogP contribution in [0, 0.1) is 5.82 Å². The molecule has 0 aliphatic carbocycles. The number of benzene rings is 2. The van der Waals surface area contributed by atoms with Gasteiger partial charge in [-0.15, -0.1) is 0 Å². The van der Waals surface area contributed by atoms with E-state index in [1.165, 1.54) is 12.1 Å². The molecule has 0 heterocycles. The van der Waals surface area contributed by atoms with Gasteiger partial charge in [0, 0.05) is 11.3 Å². The van der Waals surface area contributed by atoms with Crippen LogP contribution in [0.3, 0.4) is 0 Å². The Labute approximate surface area is 114 Å². The summed E-state index contributed by atoms with van der Waals surface area (Å²) >= 11 is 11.9. The average Bonchev–Trinajstić information content (AvgIpc) is 2.31. The summed E-state index contributed by atoms with van der Waals surface area (Å²) in [5.41, 5.74) is 6.68. The van der Waals surface area contributed by atoms with Crippen LogP contribution in [0.25, 0.3) is 0 Å². The van der Waals surface area contributed by atoms with Gasteiger partial charge in [0.05, 0.1) is 10.0 Å². The lowest BCUT2D eigenvalue weighted by molar-refractivity contribution is 0.307. The zero-order chi connectivity index (χ0) is 13.1. The molecular weight excluding hydrogens is 276 g/mol. The molecule has 0 unspecified atom stereocenters. The summed E-state index contributed by atoms with van der Waals surface area (Å²) in [6, 6.07) is 9.21. The standard InChI is InChI=1S/C13H10Cl2FNO/c14-10-2-1-3-11(15)13(10)18-7-8-4-5-9(16)6-12(8)17/h1-6H,7,17H2. The fourth-order valence-electron chi connectivity index (χ4n) is 1.47. The van der Waals surface area contributed by atoms with E-state index in [2.05, 4.69) is 0 Å². The van der Waals surface area contributed by atoms with Crippen LogP contribution in [0.5, 0.6) is 5.75 Å². The van der Waals surface area contributed by atoms with Gasteiger partial charge in [0.1, 0.15) is 12.4 Å². The van der Waals surface area contributed by atoms with Gasteiger partial charge in [-0.3, -0.25) is 0 Å². The predicted molar refractivity (Wildman–Crippen MR) is 71.6 cm³/mol. The minimum absolute atomic E-state index is 0.176. The highest BCUT2D eigenvalue weighted by Crippen LogP contribution is 2.33. The zero-order valence-electron chi connectivity index (χ0n) is 9.29. The second kappa shape index (κ2) is 5.46. The van der Waals surface area contributed by atoms with Crippen molar-refractivity contribution in [2.75, 3.05) is 5.73 Å². The van der Waals surface area contributed by atoms with Crippen molar-refractivity contribution < 1.29 is 9.13 Å². The summed E-state index contributed by atoms with van der Waals surface area (Å²) in [5, 5.41) is 0.839. The number of para-hydroxylation sites is 1. The molecule has 2 N–H and O–H groups in total. The van der Waals surface area contributed by atoms with Crippen molar-refractivity contribution in [3.05, 3.63) is 57.8 Å². The first-order valence-corrected chi connectivity index (χ1v) is 5.94. The smallest absolute Gasteiger partial charge is 0.156 e. The third-order valence-corrected chi connectivity index (χ3v) is 2.99. The Morgan fingerprint density at radius 3 is 2.39 bits per heavy atom. The second-order valence-electron chi connectivity index (χ2n) is 3.68. The first-order valence-electron chi connectivity index (χ1n) is 5.18. The summed E-state index contributed by atoms with van der Waals surface area (Å²) in [6.45, 7) is 0.176. The van der Waals surface area contributed by atoms with Crippen LogP contribution in [0.1, 0.15) is 5.56 Å². The number of halogens is 3. The first-order chi connectivity index (χ1) is 8.58. The van der Waals surface area contributed by atoms with E-state index < -0.39 is 0 Å². The van der Waals surface area contributed by atoms with Crippen LogP contribution in [0.2, 0.25) is 10.0 Å². The Morgan fingerprint density at radius 1 is 1.11 bits per heavy atom. The van der Waals surface area contributed by atoms with Gasteiger partial charge in [0.25, 0.3) is 0 Å². The summed E-state index contributed by atoms with van der Waals surface area (Å²) < 4.78 is 18.4. The molecule has 0 fully saturated rings. The monoisotopic (exact) mass is 285 g/mol. The van der Waals surface area contributed by atoms with E-state index in [1.807, 2.05) is 0 Å². The van der Waals surface area contributed by atoms with E-state index in [1.54, 1.807) is 24.3 Å². The van der Waals surface area contributed by atoms with Crippen LogP contribution >= 0.6 is 23.2 Å². The van der Waals surface area contributed by atoms with E-state index in [9.17, 15) is 4.39 Å². The van der Waals surface area contributed by atoms with Gasteiger partial charge in [-0.1, -0.05) is 35.3 Å². The van der Waals surface area contributed by atoms with Crippen molar-refractivity contribution in [3.8, 4) is 5.75 Å². The highest BCUT2D eigenvalue weighted by molar-refractivity contribution is 6.37. The molecule has 0 atom stereocenters. The maximum atomic E-state index is 12.9. The largest absolute Gasteiger partial charge is 0.486 e. The maximum absolute atomic E-state index is 12.9. The molecule has 0 aliphatic rings. The number of nitrogen functional groups attached to an aromatic ring is 1. The van der Waals surface area contributed by atoms with Gasteiger partial charge < -0.3 is 10.5 Å².